The zero-order chi connectivity index (χ0) is 49.4. The van der Waals surface area contributed by atoms with E-state index in [9.17, 15) is 24.5 Å². The monoisotopic (exact) mass is 956 g/mol. The van der Waals surface area contributed by atoms with Crippen LogP contribution in [0.4, 0.5) is 0 Å². The third-order valence-electron chi connectivity index (χ3n) is 11.1. The molecule has 4 N–H and O–H groups in total. The van der Waals surface area contributed by atoms with E-state index >= 15 is 0 Å². The number of phosphoric acid groups is 1. The van der Waals surface area contributed by atoms with Gasteiger partial charge < -0.3 is 24.9 Å². The van der Waals surface area contributed by atoms with Crippen molar-refractivity contribution in [1.29, 1.82) is 0 Å². The fourth-order valence-electron chi connectivity index (χ4n) is 6.96. The first-order valence-electron chi connectivity index (χ1n) is 26.3. The number of hydrogen-bond acceptors (Lipinski definition) is 6. The third-order valence-corrected chi connectivity index (χ3v) is 12.1. The van der Waals surface area contributed by atoms with Gasteiger partial charge in [0.05, 0.1) is 39.9 Å². The Morgan fingerprint density at radius 1 is 0.537 bits per heavy atom. The molecule has 0 rings (SSSR count). The van der Waals surface area contributed by atoms with Gasteiger partial charge in [0.1, 0.15) is 19.3 Å². The number of likely N-dealkylation sites (N-methyl/N-ethyl adjacent to an activating group) is 1. The molecule has 0 fully saturated rings. The van der Waals surface area contributed by atoms with Crippen molar-refractivity contribution in [3.8, 4) is 0 Å². The molecular formula is C57H100N2O7P+. The zero-order valence-electron chi connectivity index (χ0n) is 43.2. The summed E-state index contributed by atoms with van der Waals surface area (Å²) >= 11 is 0. The third kappa shape index (κ3) is 48.0. The van der Waals surface area contributed by atoms with Crippen LogP contribution in [0.15, 0.2) is 109 Å². The van der Waals surface area contributed by atoms with Gasteiger partial charge in [0.2, 0.25) is 5.91 Å². The molecule has 0 heterocycles. The molecule has 4 atom stereocenters. The average molecular weight is 956 g/mol. The highest BCUT2D eigenvalue weighted by Crippen LogP contribution is 2.43. The predicted octanol–water partition coefficient (Wildman–Crippen LogP) is 14.6. The molecule has 67 heavy (non-hydrogen) atoms. The molecule has 0 aliphatic rings. The number of phosphoric ester groups is 1. The Labute approximate surface area is 411 Å². The molecule has 9 nitrogen and oxygen atoms in total. The van der Waals surface area contributed by atoms with Crippen LogP contribution < -0.4 is 5.32 Å². The molecule has 0 radical (unpaired) electrons. The summed E-state index contributed by atoms with van der Waals surface area (Å²) < 4.78 is 23.5. The van der Waals surface area contributed by atoms with E-state index in [1.54, 1.807) is 0 Å². The van der Waals surface area contributed by atoms with Crippen LogP contribution in [0.3, 0.4) is 0 Å². The van der Waals surface area contributed by atoms with Gasteiger partial charge in [0.15, 0.2) is 0 Å². The number of allylic oxidation sites excluding steroid dienone is 18. The molecule has 0 spiro atoms. The topological polar surface area (TPSA) is 125 Å². The van der Waals surface area contributed by atoms with E-state index in [0.717, 1.165) is 96.3 Å². The lowest BCUT2D eigenvalue weighted by atomic mass is 9.99. The zero-order valence-corrected chi connectivity index (χ0v) is 44.1. The lowest BCUT2D eigenvalue weighted by Crippen LogP contribution is -2.51. The first kappa shape index (κ1) is 64.1. The number of aliphatic hydroxyl groups is 2. The maximum Gasteiger partial charge on any atom is 0.472 e. The molecule has 0 aromatic carbocycles. The second kappa shape index (κ2) is 46.8. The van der Waals surface area contributed by atoms with E-state index in [1.807, 2.05) is 21.1 Å². The van der Waals surface area contributed by atoms with E-state index in [4.69, 9.17) is 9.05 Å². The summed E-state index contributed by atoms with van der Waals surface area (Å²) in [5.74, 6) is -0.295. The molecule has 0 aliphatic heterocycles. The van der Waals surface area contributed by atoms with Gasteiger partial charge in [-0.2, -0.15) is 0 Å². The van der Waals surface area contributed by atoms with Crippen molar-refractivity contribution in [1.82, 2.24) is 5.32 Å². The van der Waals surface area contributed by atoms with E-state index in [1.165, 1.54) is 57.8 Å². The van der Waals surface area contributed by atoms with Crippen LogP contribution in [0.25, 0.3) is 0 Å². The second-order valence-electron chi connectivity index (χ2n) is 18.7. The number of aliphatic hydroxyl groups excluding tert-OH is 2. The highest BCUT2D eigenvalue weighted by Gasteiger charge is 2.31. The number of quaternary nitrogens is 1. The molecule has 0 bridgehead atoms. The SMILES string of the molecule is CC/C=C\C/C=C\C/C=C\C/C=C\C/C=C\C/C=C\C/C=C\C/C=C\C/C=C\CCCCCC(=O)NC(COP(=O)(O)OCC[N+](C)(C)C)C(O)C(O)CCCCCCCCCCCCCC. The van der Waals surface area contributed by atoms with Crippen LogP contribution in [-0.2, 0) is 18.4 Å². The average Bonchev–Trinajstić information content (AvgIpc) is 3.29. The number of nitrogens with zero attached hydrogens (tertiary/aromatic N) is 1. The second-order valence-corrected chi connectivity index (χ2v) is 20.1. The van der Waals surface area contributed by atoms with Crippen molar-refractivity contribution in [2.45, 2.75) is 205 Å². The summed E-state index contributed by atoms with van der Waals surface area (Å²) in [6.45, 7) is 4.44. The number of carbonyl (C=O) groups is 1. The summed E-state index contributed by atoms with van der Waals surface area (Å²) in [6.07, 6.45) is 64.5. The summed E-state index contributed by atoms with van der Waals surface area (Å²) in [6, 6.07) is -1.06. The fraction of sp³-hybridized carbons (Fsp3) is 0.667. The standard InChI is InChI=1S/C57H99N2O7P/c1-6-8-10-12-14-16-18-20-21-22-23-24-25-26-27-28-29-30-31-32-33-34-35-36-37-38-40-42-44-46-48-50-56(61)58-54(53-66-67(63,64)65-52-51-59(3,4)5)57(62)55(60)49-47-45-43-41-39-19-17-15-13-11-9-7-2/h8,10,14,16,20-21,23-24,26-27,29-30,32-33,35-36,38,40,54-55,57,60,62H,6-7,9,11-13,15,17-19,22,25,28,31,34,37,39,41-53H2,1-5H3,(H-,58,61,63,64)/p+1/b10-8-,16-14-,21-20-,24-23-,27-26-,30-29-,33-32-,36-35-,40-38-. The minimum atomic E-state index is -4.44. The summed E-state index contributed by atoms with van der Waals surface area (Å²) in [5.41, 5.74) is 0. The minimum Gasteiger partial charge on any atom is -0.390 e. The lowest BCUT2D eigenvalue weighted by Gasteiger charge is -2.28. The van der Waals surface area contributed by atoms with Crippen molar-refractivity contribution in [3.05, 3.63) is 109 Å². The first-order chi connectivity index (χ1) is 32.4. The predicted molar refractivity (Wildman–Crippen MR) is 287 cm³/mol. The molecule has 0 aromatic heterocycles. The first-order valence-corrected chi connectivity index (χ1v) is 27.8. The minimum absolute atomic E-state index is 0.00870. The van der Waals surface area contributed by atoms with Crippen LogP contribution in [-0.4, -0.2) is 84.6 Å². The van der Waals surface area contributed by atoms with Crippen molar-refractivity contribution >= 4 is 13.7 Å². The van der Waals surface area contributed by atoms with Gasteiger partial charge in [-0.05, 0) is 83.5 Å². The summed E-state index contributed by atoms with van der Waals surface area (Å²) in [5, 5.41) is 24.7. The number of amides is 1. The number of hydrogen-bond donors (Lipinski definition) is 4. The smallest absolute Gasteiger partial charge is 0.390 e. The van der Waals surface area contributed by atoms with Crippen LogP contribution in [0, 0.1) is 0 Å². The van der Waals surface area contributed by atoms with Crippen molar-refractivity contribution in [2.75, 3.05) is 40.9 Å². The maximum atomic E-state index is 13.0. The van der Waals surface area contributed by atoms with Gasteiger partial charge in [0.25, 0.3) is 0 Å². The van der Waals surface area contributed by atoms with Crippen LogP contribution in [0.1, 0.15) is 187 Å². The molecule has 1 amide bonds. The largest absolute Gasteiger partial charge is 0.472 e. The van der Waals surface area contributed by atoms with Crippen molar-refractivity contribution < 1.29 is 38.0 Å². The highest BCUT2D eigenvalue weighted by atomic mass is 31.2. The Morgan fingerprint density at radius 2 is 0.925 bits per heavy atom. The van der Waals surface area contributed by atoms with Crippen molar-refractivity contribution in [3.63, 3.8) is 0 Å². The molecule has 384 valence electrons. The van der Waals surface area contributed by atoms with Gasteiger partial charge in [-0.1, -0.05) is 207 Å². The van der Waals surface area contributed by atoms with Gasteiger partial charge in [-0.25, -0.2) is 4.57 Å². The number of unbranched alkanes of at least 4 members (excludes halogenated alkanes) is 14. The quantitative estimate of drug-likeness (QED) is 0.0207. The van der Waals surface area contributed by atoms with E-state index in [0.29, 0.717) is 23.9 Å². The summed E-state index contributed by atoms with van der Waals surface area (Å²) in [7, 11) is 1.39. The maximum absolute atomic E-state index is 13.0. The molecule has 0 saturated carbocycles. The normalized spacial score (nSPS) is 15.4. The molecule has 0 aliphatic carbocycles. The molecule has 4 unspecified atom stereocenters. The fourth-order valence-corrected chi connectivity index (χ4v) is 7.69. The van der Waals surface area contributed by atoms with Crippen molar-refractivity contribution in [2.24, 2.45) is 0 Å². The molecule has 0 aromatic rings. The molecule has 10 heteroatoms. The van der Waals surface area contributed by atoms with Crippen LogP contribution in [0.5, 0.6) is 0 Å². The Kier molecular flexibility index (Phi) is 44.8. The molecular weight excluding hydrogens is 856 g/mol. The number of carbonyl (C=O) groups excluding carboxylic acids is 1. The van der Waals surface area contributed by atoms with Gasteiger partial charge in [0, 0.05) is 6.42 Å². The van der Waals surface area contributed by atoms with Gasteiger partial charge >= 0.3 is 7.82 Å². The highest BCUT2D eigenvalue weighted by molar-refractivity contribution is 7.47. The van der Waals surface area contributed by atoms with E-state index < -0.39 is 32.7 Å². The summed E-state index contributed by atoms with van der Waals surface area (Å²) in [4.78, 5) is 23.3. The Morgan fingerprint density at radius 3 is 1.34 bits per heavy atom. The number of rotatable bonds is 46. The van der Waals surface area contributed by atoms with Gasteiger partial charge in [-0.15, -0.1) is 0 Å². The lowest BCUT2D eigenvalue weighted by molar-refractivity contribution is -0.870. The number of nitrogens with one attached hydrogen (secondary N) is 1. The van der Waals surface area contributed by atoms with E-state index in [2.05, 4.69) is 129 Å². The van der Waals surface area contributed by atoms with Gasteiger partial charge in [-0.3, -0.25) is 13.8 Å². The van der Waals surface area contributed by atoms with E-state index in [-0.39, 0.29) is 18.9 Å². The molecule has 0 saturated heterocycles. The Balaban J connectivity index is 4.39. The van der Waals surface area contributed by atoms with Crippen LogP contribution >= 0.6 is 7.82 Å². The van der Waals surface area contributed by atoms with Crippen LogP contribution in [0.2, 0.25) is 0 Å². The Hall–Kier alpha value is -2.88. The Bertz CT molecular complexity index is 1470.